The van der Waals surface area contributed by atoms with Crippen LogP contribution in [0.25, 0.3) is 11.3 Å². The van der Waals surface area contributed by atoms with Gasteiger partial charge in [-0.05, 0) is 25.1 Å². The van der Waals surface area contributed by atoms with Crippen LogP contribution in [0.5, 0.6) is 0 Å². The summed E-state index contributed by atoms with van der Waals surface area (Å²) in [7, 11) is 0. The average Bonchev–Trinajstić information content (AvgIpc) is 2.31. The van der Waals surface area contributed by atoms with Crippen LogP contribution in [0.15, 0.2) is 24.5 Å². The van der Waals surface area contributed by atoms with Crippen molar-refractivity contribution in [1.29, 1.82) is 5.26 Å². The van der Waals surface area contributed by atoms with Gasteiger partial charge in [0.15, 0.2) is 0 Å². The lowest BCUT2D eigenvalue weighted by Gasteiger charge is -2.06. The van der Waals surface area contributed by atoms with Gasteiger partial charge in [0.05, 0.1) is 17.3 Å². The van der Waals surface area contributed by atoms with Crippen LogP contribution in [0, 0.1) is 24.1 Å². The molecule has 0 radical (unpaired) electrons. The molecule has 0 unspecified atom stereocenters. The predicted octanol–water partition coefficient (Wildman–Crippen LogP) is 3.12. The van der Waals surface area contributed by atoms with Crippen LogP contribution >= 0.6 is 11.6 Å². The molecular weight excluding hydrogens is 241 g/mol. The first-order valence-electron chi connectivity index (χ1n) is 4.80. The highest BCUT2D eigenvalue weighted by Gasteiger charge is 2.09. The van der Waals surface area contributed by atoms with Crippen molar-refractivity contribution in [3.8, 4) is 17.3 Å². The average molecular weight is 248 g/mol. The van der Waals surface area contributed by atoms with Crippen LogP contribution in [-0.4, -0.2) is 9.97 Å². The zero-order chi connectivity index (χ0) is 12.4. The largest absolute Gasteiger partial charge is 0.236 e. The molecule has 17 heavy (non-hydrogen) atoms. The first kappa shape index (κ1) is 11.5. The fraction of sp³-hybridized carbons (Fsp3) is 0.0833. The van der Waals surface area contributed by atoms with Crippen molar-refractivity contribution in [2.75, 3.05) is 0 Å². The van der Waals surface area contributed by atoms with E-state index >= 15 is 0 Å². The Balaban J connectivity index is 2.65. The molecule has 0 amide bonds. The molecular formula is C12H7ClFN3. The standard InChI is InChI=1S/C12H7ClFN3/c1-7-11(16-6-17-12(7)13)9-2-8(5-15)3-10(14)4-9/h2-4,6H,1H3. The molecule has 3 nitrogen and oxygen atoms in total. The van der Waals surface area contributed by atoms with E-state index in [9.17, 15) is 4.39 Å². The lowest BCUT2D eigenvalue weighted by molar-refractivity contribution is 0.628. The van der Waals surface area contributed by atoms with E-state index in [0.717, 1.165) is 0 Å². The van der Waals surface area contributed by atoms with E-state index < -0.39 is 5.82 Å². The van der Waals surface area contributed by atoms with Crippen LogP contribution < -0.4 is 0 Å². The summed E-state index contributed by atoms with van der Waals surface area (Å²) in [4.78, 5) is 7.88. The SMILES string of the molecule is Cc1c(Cl)ncnc1-c1cc(F)cc(C#N)c1. The van der Waals surface area contributed by atoms with E-state index in [4.69, 9.17) is 16.9 Å². The molecule has 0 N–H and O–H groups in total. The van der Waals surface area contributed by atoms with Crippen LogP contribution in [-0.2, 0) is 0 Å². The molecule has 2 rings (SSSR count). The van der Waals surface area contributed by atoms with Crippen molar-refractivity contribution in [2.24, 2.45) is 0 Å². The Hall–Kier alpha value is -1.99. The molecule has 1 heterocycles. The molecule has 0 saturated carbocycles. The fourth-order valence-electron chi connectivity index (χ4n) is 1.51. The summed E-state index contributed by atoms with van der Waals surface area (Å²) in [5.74, 6) is -0.479. The number of aromatic nitrogens is 2. The van der Waals surface area contributed by atoms with Gasteiger partial charge < -0.3 is 0 Å². The van der Waals surface area contributed by atoms with Gasteiger partial charge in [-0.2, -0.15) is 5.26 Å². The van der Waals surface area contributed by atoms with Gasteiger partial charge >= 0.3 is 0 Å². The number of rotatable bonds is 1. The fourth-order valence-corrected chi connectivity index (χ4v) is 1.64. The highest BCUT2D eigenvalue weighted by Crippen LogP contribution is 2.25. The quantitative estimate of drug-likeness (QED) is 0.728. The molecule has 0 bridgehead atoms. The Morgan fingerprint density at radius 2 is 2.06 bits per heavy atom. The van der Waals surface area contributed by atoms with Crippen LogP contribution in [0.4, 0.5) is 4.39 Å². The molecule has 0 aliphatic rings. The van der Waals surface area contributed by atoms with Crippen molar-refractivity contribution in [2.45, 2.75) is 6.92 Å². The third-order valence-corrected chi connectivity index (χ3v) is 2.70. The number of halogens is 2. The minimum absolute atomic E-state index is 0.245. The monoisotopic (exact) mass is 247 g/mol. The molecule has 5 heteroatoms. The summed E-state index contributed by atoms with van der Waals surface area (Å²) in [5, 5.41) is 9.10. The second-order valence-corrected chi connectivity index (χ2v) is 3.84. The Kier molecular flexibility index (Phi) is 3.03. The molecule has 2 aromatic rings. The lowest BCUT2D eigenvalue weighted by Crippen LogP contribution is -1.93. The molecule has 0 aliphatic carbocycles. The van der Waals surface area contributed by atoms with Gasteiger partial charge in [-0.25, -0.2) is 14.4 Å². The van der Waals surface area contributed by atoms with Crippen LogP contribution in [0.3, 0.4) is 0 Å². The molecule has 0 aliphatic heterocycles. The minimum Gasteiger partial charge on any atom is -0.236 e. The zero-order valence-electron chi connectivity index (χ0n) is 8.91. The number of nitriles is 1. The van der Waals surface area contributed by atoms with Crippen molar-refractivity contribution in [3.63, 3.8) is 0 Å². The number of hydrogen-bond donors (Lipinski definition) is 0. The molecule has 84 valence electrons. The number of hydrogen-bond acceptors (Lipinski definition) is 3. The molecule has 0 saturated heterocycles. The first-order chi connectivity index (χ1) is 8.11. The molecule has 0 atom stereocenters. The van der Waals surface area contributed by atoms with Crippen LogP contribution in [0.2, 0.25) is 5.15 Å². The van der Waals surface area contributed by atoms with Gasteiger partial charge in [-0.1, -0.05) is 11.6 Å². The Labute approximate surface area is 103 Å². The van der Waals surface area contributed by atoms with Gasteiger partial charge in [0, 0.05) is 11.1 Å². The van der Waals surface area contributed by atoms with Gasteiger partial charge in [-0.3, -0.25) is 0 Å². The first-order valence-corrected chi connectivity index (χ1v) is 5.18. The van der Waals surface area contributed by atoms with Gasteiger partial charge in [-0.15, -0.1) is 0 Å². The Morgan fingerprint density at radius 1 is 1.29 bits per heavy atom. The lowest BCUT2D eigenvalue weighted by atomic mass is 10.1. The maximum atomic E-state index is 13.3. The van der Waals surface area contributed by atoms with Crippen molar-refractivity contribution < 1.29 is 4.39 Å². The van der Waals surface area contributed by atoms with E-state index in [-0.39, 0.29) is 5.56 Å². The minimum atomic E-state index is -0.479. The van der Waals surface area contributed by atoms with E-state index in [2.05, 4.69) is 9.97 Å². The molecule has 0 fully saturated rings. The summed E-state index contributed by atoms with van der Waals surface area (Å²) < 4.78 is 13.3. The van der Waals surface area contributed by atoms with Crippen LogP contribution in [0.1, 0.15) is 11.1 Å². The Bertz CT molecular complexity index is 620. The Morgan fingerprint density at radius 3 is 2.76 bits per heavy atom. The van der Waals surface area contributed by atoms with Gasteiger partial charge in [0.25, 0.3) is 0 Å². The summed E-state index contributed by atoms with van der Waals surface area (Å²) in [5.41, 5.74) is 1.95. The van der Waals surface area contributed by atoms with E-state index in [0.29, 0.717) is 22.0 Å². The highest BCUT2D eigenvalue weighted by atomic mass is 35.5. The van der Waals surface area contributed by atoms with Crippen molar-refractivity contribution >= 4 is 11.6 Å². The van der Waals surface area contributed by atoms with E-state index in [1.165, 1.54) is 18.5 Å². The molecule has 1 aromatic carbocycles. The smallest absolute Gasteiger partial charge is 0.135 e. The highest BCUT2D eigenvalue weighted by molar-refractivity contribution is 6.30. The van der Waals surface area contributed by atoms with Gasteiger partial charge in [0.2, 0.25) is 0 Å². The third-order valence-electron chi connectivity index (χ3n) is 2.32. The van der Waals surface area contributed by atoms with Crippen molar-refractivity contribution in [3.05, 3.63) is 46.6 Å². The predicted molar refractivity (Wildman–Crippen MR) is 61.9 cm³/mol. The zero-order valence-corrected chi connectivity index (χ0v) is 9.66. The number of nitrogens with zero attached hydrogens (tertiary/aromatic N) is 3. The summed E-state index contributed by atoms with van der Waals surface area (Å²) in [6.45, 7) is 1.74. The van der Waals surface area contributed by atoms with E-state index in [1.807, 2.05) is 6.07 Å². The van der Waals surface area contributed by atoms with Gasteiger partial charge in [0.1, 0.15) is 17.3 Å². The summed E-state index contributed by atoms with van der Waals surface area (Å²) in [6.07, 6.45) is 1.31. The summed E-state index contributed by atoms with van der Waals surface area (Å²) >= 11 is 5.87. The maximum Gasteiger partial charge on any atom is 0.135 e. The molecule has 1 aromatic heterocycles. The second kappa shape index (κ2) is 4.48. The van der Waals surface area contributed by atoms with Crippen molar-refractivity contribution in [1.82, 2.24) is 9.97 Å². The second-order valence-electron chi connectivity index (χ2n) is 3.48. The summed E-state index contributed by atoms with van der Waals surface area (Å²) in [6, 6.07) is 5.94. The number of benzene rings is 1. The topological polar surface area (TPSA) is 49.6 Å². The normalized spacial score (nSPS) is 10.0. The third kappa shape index (κ3) is 2.24. The van der Waals surface area contributed by atoms with E-state index in [1.54, 1.807) is 13.0 Å². The maximum absolute atomic E-state index is 13.3. The molecule has 0 spiro atoms.